The summed E-state index contributed by atoms with van der Waals surface area (Å²) in [5, 5.41) is 3.44. The SMILES string of the molecule is CNC(COC)C1CCC2CCCCC2C1. The van der Waals surface area contributed by atoms with Crippen LogP contribution in [0, 0.1) is 17.8 Å². The van der Waals surface area contributed by atoms with E-state index in [-0.39, 0.29) is 0 Å². The van der Waals surface area contributed by atoms with Gasteiger partial charge >= 0.3 is 0 Å². The quantitative estimate of drug-likeness (QED) is 0.794. The van der Waals surface area contributed by atoms with Crippen molar-refractivity contribution in [3.8, 4) is 0 Å². The summed E-state index contributed by atoms with van der Waals surface area (Å²) >= 11 is 0. The molecule has 0 radical (unpaired) electrons. The second-order valence-electron chi connectivity index (χ2n) is 5.73. The first-order chi connectivity index (χ1) is 7.85. The summed E-state index contributed by atoms with van der Waals surface area (Å²) in [7, 11) is 3.90. The van der Waals surface area contributed by atoms with E-state index < -0.39 is 0 Å². The molecule has 0 spiro atoms. The Hall–Kier alpha value is -0.0800. The molecule has 0 aromatic rings. The highest BCUT2D eigenvalue weighted by molar-refractivity contribution is 4.87. The second-order valence-corrected chi connectivity index (χ2v) is 5.73. The molecule has 0 aliphatic heterocycles. The summed E-state index contributed by atoms with van der Waals surface area (Å²) in [4.78, 5) is 0. The van der Waals surface area contributed by atoms with E-state index in [0.29, 0.717) is 6.04 Å². The van der Waals surface area contributed by atoms with Crippen molar-refractivity contribution in [2.24, 2.45) is 17.8 Å². The van der Waals surface area contributed by atoms with Gasteiger partial charge in [-0.25, -0.2) is 0 Å². The Morgan fingerprint density at radius 1 is 1.12 bits per heavy atom. The number of hydrogen-bond donors (Lipinski definition) is 1. The number of hydrogen-bond acceptors (Lipinski definition) is 2. The van der Waals surface area contributed by atoms with Crippen molar-refractivity contribution in [1.82, 2.24) is 5.32 Å². The molecule has 0 bridgehead atoms. The third-order valence-electron chi connectivity index (χ3n) is 4.87. The smallest absolute Gasteiger partial charge is 0.0618 e. The zero-order valence-electron chi connectivity index (χ0n) is 10.9. The highest BCUT2D eigenvalue weighted by Crippen LogP contribution is 2.43. The Labute approximate surface area is 100 Å². The van der Waals surface area contributed by atoms with Gasteiger partial charge in [-0.1, -0.05) is 25.7 Å². The summed E-state index contributed by atoms with van der Waals surface area (Å²) in [6.45, 7) is 0.874. The Morgan fingerprint density at radius 2 is 1.88 bits per heavy atom. The van der Waals surface area contributed by atoms with Crippen molar-refractivity contribution in [2.75, 3.05) is 20.8 Å². The minimum Gasteiger partial charge on any atom is -0.383 e. The summed E-state index contributed by atoms with van der Waals surface area (Å²) < 4.78 is 5.32. The average Bonchev–Trinajstić information content (AvgIpc) is 2.35. The lowest BCUT2D eigenvalue weighted by Gasteiger charge is -2.41. The number of rotatable bonds is 4. The molecule has 1 N–H and O–H groups in total. The zero-order valence-corrected chi connectivity index (χ0v) is 10.9. The van der Waals surface area contributed by atoms with Crippen LogP contribution in [0.25, 0.3) is 0 Å². The van der Waals surface area contributed by atoms with Gasteiger partial charge in [0.1, 0.15) is 0 Å². The first-order valence-electron chi connectivity index (χ1n) is 7.01. The molecule has 2 aliphatic rings. The number of ether oxygens (including phenoxy) is 1. The molecule has 2 saturated carbocycles. The molecule has 0 saturated heterocycles. The first-order valence-corrected chi connectivity index (χ1v) is 7.01. The summed E-state index contributed by atoms with van der Waals surface area (Å²) in [6, 6.07) is 0.577. The van der Waals surface area contributed by atoms with Crippen LogP contribution in [0.5, 0.6) is 0 Å². The fourth-order valence-electron chi connectivity index (χ4n) is 3.91. The van der Waals surface area contributed by atoms with E-state index in [9.17, 15) is 0 Å². The maximum atomic E-state index is 5.32. The van der Waals surface area contributed by atoms with Crippen molar-refractivity contribution in [3.05, 3.63) is 0 Å². The van der Waals surface area contributed by atoms with Gasteiger partial charge in [-0.2, -0.15) is 0 Å². The van der Waals surface area contributed by atoms with Gasteiger partial charge in [0.05, 0.1) is 6.61 Å². The normalized spacial score (nSPS) is 36.8. The molecular formula is C14H27NO. The van der Waals surface area contributed by atoms with Crippen LogP contribution < -0.4 is 5.32 Å². The van der Waals surface area contributed by atoms with Crippen molar-refractivity contribution in [1.29, 1.82) is 0 Å². The first kappa shape index (κ1) is 12.4. The maximum Gasteiger partial charge on any atom is 0.0618 e. The van der Waals surface area contributed by atoms with Crippen molar-refractivity contribution in [2.45, 2.75) is 51.0 Å². The van der Waals surface area contributed by atoms with Crippen LogP contribution in [0.3, 0.4) is 0 Å². The van der Waals surface area contributed by atoms with E-state index in [1.54, 1.807) is 0 Å². The van der Waals surface area contributed by atoms with Crippen molar-refractivity contribution < 1.29 is 4.74 Å². The highest BCUT2D eigenvalue weighted by Gasteiger charge is 2.34. The summed E-state index contributed by atoms with van der Waals surface area (Å²) in [6.07, 6.45) is 10.3. The lowest BCUT2D eigenvalue weighted by atomic mass is 9.66. The summed E-state index contributed by atoms with van der Waals surface area (Å²) in [5.41, 5.74) is 0. The Morgan fingerprint density at radius 3 is 2.56 bits per heavy atom. The van der Waals surface area contributed by atoms with Gasteiger partial charge in [0.15, 0.2) is 0 Å². The predicted octanol–water partition coefficient (Wildman–Crippen LogP) is 2.83. The standard InChI is InChI=1S/C14H27NO/c1-15-14(10-16-2)13-8-7-11-5-3-4-6-12(11)9-13/h11-15H,3-10H2,1-2H3. The minimum absolute atomic E-state index is 0.577. The minimum atomic E-state index is 0.577. The molecule has 2 fully saturated rings. The van der Waals surface area contributed by atoms with E-state index >= 15 is 0 Å². The van der Waals surface area contributed by atoms with Crippen LogP contribution in [0.4, 0.5) is 0 Å². The van der Waals surface area contributed by atoms with Crippen molar-refractivity contribution in [3.63, 3.8) is 0 Å². The lowest BCUT2D eigenvalue weighted by Crippen LogP contribution is -2.42. The molecule has 4 unspecified atom stereocenters. The molecule has 0 aromatic heterocycles. The van der Waals surface area contributed by atoms with Gasteiger partial charge in [0.25, 0.3) is 0 Å². The average molecular weight is 225 g/mol. The van der Waals surface area contributed by atoms with Gasteiger partial charge in [0, 0.05) is 13.2 Å². The van der Waals surface area contributed by atoms with Gasteiger partial charge in [-0.15, -0.1) is 0 Å². The molecule has 2 nitrogen and oxygen atoms in total. The molecular weight excluding hydrogens is 198 g/mol. The van der Waals surface area contributed by atoms with Gasteiger partial charge in [-0.05, 0) is 44.1 Å². The zero-order chi connectivity index (χ0) is 11.4. The van der Waals surface area contributed by atoms with E-state index in [1.165, 1.54) is 44.9 Å². The predicted molar refractivity (Wildman–Crippen MR) is 67.5 cm³/mol. The molecule has 2 rings (SSSR count). The van der Waals surface area contributed by atoms with Gasteiger partial charge < -0.3 is 10.1 Å². The van der Waals surface area contributed by atoms with Gasteiger partial charge in [-0.3, -0.25) is 0 Å². The van der Waals surface area contributed by atoms with Crippen molar-refractivity contribution >= 4 is 0 Å². The summed E-state index contributed by atoms with van der Waals surface area (Å²) in [5.74, 6) is 2.94. The van der Waals surface area contributed by atoms with E-state index in [0.717, 1.165) is 24.4 Å². The van der Waals surface area contributed by atoms with Crippen LogP contribution in [0.1, 0.15) is 44.9 Å². The molecule has 0 amide bonds. The third-order valence-corrected chi connectivity index (χ3v) is 4.87. The Balaban J connectivity index is 1.88. The number of fused-ring (bicyclic) bond motifs is 1. The molecule has 94 valence electrons. The largest absolute Gasteiger partial charge is 0.383 e. The Bertz CT molecular complexity index is 207. The molecule has 16 heavy (non-hydrogen) atoms. The van der Waals surface area contributed by atoms with Crippen LogP contribution in [-0.2, 0) is 4.74 Å². The monoisotopic (exact) mass is 225 g/mol. The maximum absolute atomic E-state index is 5.32. The third kappa shape index (κ3) is 2.78. The lowest BCUT2D eigenvalue weighted by molar-refractivity contribution is 0.0774. The van der Waals surface area contributed by atoms with Crippen LogP contribution in [0.2, 0.25) is 0 Å². The van der Waals surface area contributed by atoms with Crippen LogP contribution in [0.15, 0.2) is 0 Å². The molecule has 2 aliphatic carbocycles. The molecule has 0 heterocycles. The number of nitrogens with one attached hydrogen (secondary N) is 1. The van der Waals surface area contributed by atoms with E-state index in [2.05, 4.69) is 12.4 Å². The molecule has 0 aromatic carbocycles. The molecule has 4 atom stereocenters. The fraction of sp³-hybridized carbons (Fsp3) is 1.00. The van der Waals surface area contributed by atoms with E-state index in [4.69, 9.17) is 4.74 Å². The fourth-order valence-corrected chi connectivity index (χ4v) is 3.91. The topological polar surface area (TPSA) is 21.3 Å². The number of likely N-dealkylation sites (N-methyl/N-ethyl adjacent to an activating group) is 1. The van der Waals surface area contributed by atoms with Crippen LogP contribution >= 0.6 is 0 Å². The number of methoxy groups -OCH3 is 1. The Kier molecular flexibility index (Phi) is 4.66. The highest BCUT2D eigenvalue weighted by atomic mass is 16.5. The van der Waals surface area contributed by atoms with E-state index in [1.807, 2.05) is 7.11 Å². The second kappa shape index (κ2) is 6.02. The molecule has 2 heteroatoms. The van der Waals surface area contributed by atoms with Gasteiger partial charge in [0.2, 0.25) is 0 Å². The van der Waals surface area contributed by atoms with Crippen LogP contribution in [-0.4, -0.2) is 26.8 Å².